The van der Waals surface area contributed by atoms with E-state index in [9.17, 15) is 4.79 Å². The van der Waals surface area contributed by atoms with Crippen LogP contribution in [0.5, 0.6) is 0 Å². The highest BCUT2D eigenvalue weighted by molar-refractivity contribution is 14.0. The Balaban J connectivity index is 0.00000400. The van der Waals surface area contributed by atoms with E-state index >= 15 is 0 Å². The van der Waals surface area contributed by atoms with E-state index in [0.29, 0.717) is 25.5 Å². The van der Waals surface area contributed by atoms with Crippen LogP contribution in [0.25, 0.3) is 0 Å². The summed E-state index contributed by atoms with van der Waals surface area (Å²) in [4.78, 5) is 15.5. The number of aliphatic imine (C=N–C) groups is 1. The van der Waals surface area contributed by atoms with Gasteiger partial charge in [-0.1, -0.05) is 26.0 Å². The molecule has 0 aliphatic rings. The molecule has 1 aromatic carbocycles. The number of hydrogen-bond donors (Lipinski definition) is 3. The van der Waals surface area contributed by atoms with Gasteiger partial charge in [0.2, 0.25) is 5.91 Å². The fraction of sp³-hybridized carbons (Fsp3) is 0.467. The third-order valence-corrected chi connectivity index (χ3v) is 2.83. The van der Waals surface area contributed by atoms with E-state index in [1.54, 1.807) is 0 Å². The van der Waals surface area contributed by atoms with Crippen molar-refractivity contribution in [2.45, 2.75) is 33.1 Å². The summed E-state index contributed by atoms with van der Waals surface area (Å²) >= 11 is 0. The van der Waals surface area contributed by atoms with Gasteiger partial charge in [-0.15, -0.1) is 24.0 Å². The van der Waals surface area contributed by atoms with Gasteiger partial charge in [0, 0.05) is 18.7 Å². The van der Waals surface area contributed by atoms with Crippen LogP contribution in [0.1, 0.15) is 32.3 Å². The zero-order chi connectivity index (χ0) is 14.8. The van der Waals surface area contributed by atoms with Crippen molar-refractivity contribution in [3.05, 3.63) is 29.8 Å². The average Bonchev–Trinajstić information content (AvgIpc) is 2.46. The lowest BCUT2D eigenvalue weighted by Crippen LogP contribution is -2.26. The normalized spacial score (nSPS) is 10.7. The lowest BCUT2D eigenvalue weighted by molar-refractivity contribution is -0.120. The van der Waals surface area contributed by atoms with Crippen molar-refractivity contribution in [1.29, 1.82) is 0 Å². The van der Waals surface area contributed by atoms with Crippen LogP contribution < -0.4 is 16.4 Å². The second-order valence-electron chi connectivity index (χ2n) is 4.54. The van der Waals surface area contributed by atoms with Crippen molar-refractivity contribution >= 4 is 41.5 Å². The third-order valence-electron chi connectivity index (χ3n) is 2.83. The smallest absolute Gasteiger partial charge is 0.221 e. The van der Waals surface area contributed by atoms with Crippen molar-refractivity contribution in [2.24, 2.45) is 10.7 Å². The predicted octanol–water partition coefficient (Wildman–Crippen LogP) is 2.51. The highest BCUT2D eigenvalue weighted by atomic mass is 127. The van der Waals surface area contributed by atoms with Gasteiger partial charge in [0.15, 0.2) is 5.96 Å². The fourth-order valence-corrected chi connectivity index (χ4v) is 1.64. The molecule has 0 fully saturated rings. The summed E-state index contributed by atoms with van der Waals surface area (Å²) in [6.07, 6.45) is 2.31. The van der Waals surface area contributed by atoms with E-state index < -0.39 is 0 Å². The maximum Gasteiger partial charge on any atom is 0.221 e. The van der Waals surface area contributed by atoms with Gasteiger partial charge in [0.1, 0.15) is 0 Å². The molecule has 0 unspecified atom stereocenters. The van der Waals surface area contributed by atoms with Crippen molar-refractivity contribution in [3.63, 3.8) is 0 Å². The van der Waals surface area contributed by atoms with Gasteiger partial charge < -0.3 is 16.4 Å². The summed E-state index contributed by atoms with van der Waals surface area (Å²) in [5, 5.41) is 5.81. The van der Waals surface area contributed by atoms with Crippen molar-refractivity contribution in [3.8, 4) is 0 Å². The number of hydrogen-bond acceptors (Lipinski definition) is 2. The summed E-state index contributed by atoms with van der Waals surface area (Å²) in [6.45, 7) is 5.23. The number of amides is 1. The fourth-order valence-electron chi connectivity index (χ4n) is 1.64. The Labute approximate surface area is 143 Å². The van der Waals surface area contributed by atoms with Gasteiger partial charge in [-0.05, 0) is 30.5 Å². The highest BCUT2D eigenvalue weighted by Gasteiger charge is 1.99. The Kier molecular flexibility index (Phi) is 10.7. The first-order valence-electron chi connectivity index (χ1n) is 7.08. The molecule has 0 heterocycles. The zero-order valence-electron chi connectivity index (χ0n) is 12.7. The van der Waals surface area contributed by atoms with Crippen LogP contribution in [0.15, 0.2) is 29.3 Å². The quantitative estimate of drug-likeness (QED) is 0.371. The molecule has 1 amide bonds. The molecule has 0 aliphatic carbocycles. The minimum atomic E-state index is 0. The third kappa shape index (κ3) is 8.54. The summed E-state index contributed by atoms with van der Waals surface area (Å²) in [6, 6.07) is 8.03. The number of aryl methyl sites for hydroxylation is 1. The minimum Gasteiger partial charge on any atom is -0.370 e. The number of guanidine groups is 1. The molecule has 0 atom stereocenters. The lowest BCUT2D eigenvalue weighted by atomic mass is 10.1. The molecule has 0 aliphatic heterocycles. The number of anilines is 1. The number of carbonyl (C=O) groups is 1. The molecule has 0 spiro atoms. The topological polar surface area (TPSA) is 79.5 Å². The number of halogens is 1. The van der Waals surface area contributed by atoms with Crippen LogP contribution in [0, 0.1) is 0 Å². The first-order valence-corrected chi connectivity index (χ1v) is 7.08. The minimum absolute atomic E-state index is 0. The van der Waals surface area contributed by atoms with Gasteiger partial charge >= 0.3 is 0 Å². The highest BCUT2D eigenvalue weighted by Crippen LogP contribution is 2.09. The number of nitrogens with two attached hydrogens (primary N) is 1. The molecule has 5 nitrogen and oxygen atoms in total. The largest absolute Gasteiger partial charge is 0.370 e. The molecule has 0 saturated heterocycles. The van der Waals surface area contributed by atoms with Gasteiger partial charge in [-0.25, -0.2) is 0 Å². The monoisotopic (exact) mass is 404 g/mol. The zero-order valence-corrected chi connectivity index (χ0v) is 15.0. The standard InChI is InChI=1S/C15H24N4O.HI/c1-3-10-17-14(20)9-11-18-15(16)19-13-7-5-12(4-2)6-8-13;/h5-8H,3-4,9-11H2,1-2H3,(H,17,20)(H3,16,18,19);1H. The molecule has 0 saturated carbocycles. The lowest BCUT2D eigenvalue weighted by Gasteiger charge is -2.06. The summed E-state index contributed by atoms with van der Waals surface area (Å²) in [7, 11) is 0. The molecule has 1 rings (SSSR count). The second kappa shape index (κ2) is 11.4. The SMILES string of the molecule is CCCNC(=O)CCN=C(N)Nc1ccc(CC)cc1.I. The van der Waals surface area contributed by atoms with Crippen LogP contribution in [-0.4, -0.2) is 25.0 Å². The molecular weight excluding hydrogens is 379 g/mol. The number of carbonyl (C=O) groups excluding carboxylic acids is 1. The van der Waals surface area contributed by atoms with Crippen LogP contribution in [0.3, 0.4) is 0 Å². The molecule has 21 heavy (non-hydrogen) atoms. The van der Waals surface area contributed by atoms with Crippen LogP contribution in [0.4, 0.5) is 5.69 Å². The molecule has 0 bridgehead atoms. The number of nitrogens with one attached hydrogen (secondary N) is 2. The molecular formula is C15H25IN4O. The van der Waals surface area contributed by atoms with Gasteiger partial charge in [-0.2, -0.15) is 0 Å². The average molecular weight is 404 g/mol. The van der Waals surface area contributed by atoms with Crippen LogP contribution in [-0.2, 0) is 11.2 Å². The van der Waals surface area contributed by atoms with E-state index in [2.05, 4.69) is 22.5 Å². The first kappa shape index (κ1) is 19.7. The Morgan fingerprint density at radius 2 is 1.90 bits per heavy atom. The van der Waals surface area contributed by atoms with E-state index in [1.807, 2.05) is 31.2 Å². The molecule has 6 heteroatoms. The van der Waals surface area contributed by atoms with E-state index in [4.69, 9.17) is 5.73 Å². The molecule has 118 valence electrons. The van der Waals surface area contributed by atoms with Gasteiger partial charge in [-0.3, -0.25) is 9.79 Å². The first-order chi connectivity index (χ1) is 9.65. The Hall–Kier alpha value is -1.31. The second-order valence-corrected chi connectivity index (χ2v) is 4.54. The number of benzene rings is 1. The molecule has 1 aromatic rings. The predicted molar refractivity (Wildman–Crippen MR) is 99.3 cm³/mol. The maximum atomic E-state index is 11.4. The summed E-state index contributed by atoms with van der Waals surface area (Å²) in [5.41, 5.74) is 7.95. The van der Waals surface area contributed by atoms with Gasteiger partial charge in [0.25, 0.3) is 0 Å². The van der Waals surface area contributed by atoms with Crippen LogP contribution >= 0.6 is 24.0 Å². The maximum absolute atomic E-state index is 11.4. The van der Waals surface area contributed by atoms with Crippen molar-refractivity contribution in [1.82, 2.24) is 5.32 Å². The summed E-state index contributed by atoms with van der Waals surface area (Å²) in [5.74, 6) is 0.341. The van der Waals surface area contributed by atoms with E-state index in [0.717, 1.165) is 18.5 Å². The van der Waals surface area contributed by atoms with Gasteiger partial charge in [0.05, 0.1) is 6.54 Å². The molecule has 0 radical (unpaired) electrons. The number of rotatable bonds is 7. The number of nitrogens with zero attached hydrogens (tertiary/aromatic N) is 1. The molecule has 0 aromatic heterocycles. The molecule has 4 N–H and O–H groups in total. The Bertz CT molecular complexity index is 445. The van der Waals surface area contributed by atoms with Crippen molar-refractivity contribution < 1.29 is 4.79 Å². The Morgan fingerprint density at radius 3 is 2.48 bits per heavy atom. The Morgan fingerprint density at radius 1 is 1.24 bits per heavy atom. The van der Waals surface area contributed by atoms with Crippen LogP contribution in [0.2, 0.25) is 0 Å². The van der Waals surface area contributed by atoms with E-state index in [-0.39, 0.29) is 29.9 Å². The van der Waals surface area contributed by atoms with Crippen molar-refractivity contribution in [2.75, 3.05) is 18.4 Å². The van der Waals surface area contributed by atoms with E-state index in [1.165, 1.54) is 5.56 Å². The summed E-state index contributed by atoms with van der Waals surface area (Å²) < 4.78 is 0.